The second-order valence-corrected chi connectivity index (χ2v) is 7.00. The minimum Gasteiger partial charge on any atom is -0.496 e. The van der Waals surface area contributed by atoms with Crippen LogP contribution < -0.4 is 18.9 Å². The maximum atomic E-state index is 12.1. The van der Waals surface area contributed by atoms with Crippen molar-refractivity contribution < 1.29 is 32.9 Å². The zero-order valence-corrected chi connectivity index (χ0v) is 18.9. The van der Waals surface area contributed by atoms with Gasteiger partial charge in [0, 0.05) is 29.0 Å². The lowest BCUT2D eigenvalue weighted by Gasteiger charge is -2.13. The van der Waals surface area contributed by atoms with Gasteiger partial charge in [-0.15, -0.1) is 0 Å². The van der Waals surface area contributed by atoms with E-state index >= 15 is 0 Å². The predicted octanol–water partition coefficient (Wildman–Crippen LogP) is 4.98. The SMILES string of the molecule is COC(=O)c1ccc(OC)c(-c2ccnc3cc(-c4cc(OC)c(OC)c(OC)c4)oc23)c1. The molecule has 4 rings (SSSR count). The van der Waals surface area contributed by atoms with Crippen LogP contribution in [0.1, 0.15) is 10.4 Å². The molecular formula is C25H23NO7. The minimum absolute atomic E-state index is 0.398. The highest BCUT2D eigenvalue weighted by molar-refractivity contribution is 5.97. The number of pyridine rings is 1. The van der Waals surface area contributed by atoms with E-state index in [1.807, 2.05) is 12.1 Å². The van der Waals surface area contributed by atoms with E-state index in [1.165, 1.54) is 7.11 Å². The number of furan rings is 1. The van der Waals surface area contributed by atoms with Gasteiger partial charge in [0.2, 0.25) is 5.75 Å². The average molecular weight is 449 g/mol. The Morgan fingerprint density at radius 3 is 2.09 bits per heavy atom. The van der Waals surface area contributed by atoms with Crippen molar-refractivity contribution in [3.8, 4) is 45.4 Å². The first-order valence-corrected chi connectivity index (χ1v) is 10.00. The van der Waals surface area contributed by atoms with Gasteiger partial charge in [0.05, 0.1) is 41.1 Å². The number of aromatic nitrogens is 1. The van der Waals surface area contributed by atoms with Crippen molar-refractivity contribution in [1.82, 2.24) is 4.98 Å². The van der Waals surface area contributed by atoms with Crippen LogP contribution in [0.5, 0.6) is 23.0 Å². The highest BCUT2D eigenvalue weighted by Crippen LogP contribution is 2.43. The highest BCUT2D eigenvalue weighted by Gasteiger charge is 2.20. The summed E-state index contributed by atoms with van der Waals surface area (Å²) >= 11 is 0. The van der Waals surface area contributed by atoms with E-state index < -0.39 is 5.97 Å². The number of nitrogens with zero attached hydrogens (tertiary/aromatic N) is 1. The highest BCUT2D eigenvalue weighted by atomic mass is 16.5. The Kier molecular flexibility index (Phi) is 6.08. The zero-order chi connectivity index (χ0) is 23.5. The largest absolute Gasteiger partial charge is 0.496 e. The number of carbonyl (C=O) groups is 1. The van der Waals surface area contributed by atoms with Gasteiger partial charge in [0.25, 0.3) is 0 Å². The van der Waals surface area contributed by atoms with Gasteiger partial charge in [-0.1, -0.05) is 0 Å². The fraction of sp³-hybridized carbons (Fsp3) is 0.200. The molecule has 33 heavy (non-hydrogen) atoms. The summed E-state index contributed by atoms with van der Waals surface area (Å²) in [5.41, 5.74) is 3.71. The fourth-order valence-electron chi connectivity index (χ4n) is 3.68. The molecule has 0 amide bonds. The molecule has 2 heterocycles. The summed E-state index contributed by atoms with van der Waals surface area (Å²) in [4.78, 5) is 16.5. The van der Waals surface area contributed by atoms with Crippen LogP contribution >= 0.6 is 0 Å². The molecule has 2 aromatic carbocycles. The van der Waals surface area contributed by atoms with Crippen LogP contribution in [0.2, 0.25) is 0 Å². The van der Waals surface area contributed by atoms with Crippen molar-refractivity contribution in [2.24, 2.45) is 0 Å². The van der Waals surface area contributed by atoms with Crippen LogP contribution in [0.15, 0.2) is 53.1 Å². The van der Waals surface area contributed by atoms with Crippen molar-refractivity contribution >= 4 is 17.1 Å². The summed E-state index contributed by atoms with van der Waals surface area (Å²) < 4.78 is 33.0. The molecule has 0 aliphatic carbocycles. The molecule has 8 nitrogen and oxygen atoms in total. The van der Waals surface area contributed by atoms with Gasteiger partial charge in [-0.05, 0) is 36.4 Å². The number of benzene rings is 2. The number of carbonyl (C=O) groups excluding carboxylic acids is 1. The molecule has 0 N–H and O–H groups in total. The Bertz CT molecular complexity index is 1300. The number of fused-ring (bicyclic) bond motifs is 1. The van der Waals surface area contributed by atoms with E-state index in [0.717, 1.165) is 11.1 Å². The smallest absolute Gasteiger partial charge is 0.337 e. The van der Waals surface area contributed by atoms with Crippen LogP contribution in [-0.2, 0) is 4.74 Å². The van der Waals surface area contributed by atoms with Crippen LogP contribution in [0.4, 0.5) is 0 Å². The molecule has 2 aromatic heterocycles. The molecule has 0 aliphatic heterocycles. The normalized spacial score (nSPS) is 10.7. The lowest BCUT2D eigenvalue weighted by molar-refractivity contribution is 0.0600. The molecule has 0 spiro atoms. The molecule has 0 saturated carbocycles. The van der Waals surface area contributed by atoms with Gasteiger partial charge in [0.1, 0.15) is 17.0 Å². The van der Waals surface area contributed by atoms with Crippen molar-refractivity contribution in [3.63, 3.8) is 0 Å². The molecule has 0 aliphatic rings. The monoisotopic (exact) mass is 449 g/mol. The second-order valence-electron chi connectivity index (χ2n) is 7.00. The number of hydrogen-bond acceptors (Lipinski definition) is 8. The lowest BCUT2D eigenvalue weighted by atomic mass is 10.0. The van der Waals surface area contributed by atoms with Crippen molar-refractivity contribution in [2.45, 2.75) is 0 Å². The molecule has 170 valence electrons. The zero-order valence-electron chi connectivity index (χ0n) is 18.9. The maximum Gasteiger partial charge on any atom is 0.337 e. The van der Waals surface area contributed by atoms with Crippen molar-refractivity contribution in [1.29, 1.82) is 0 Å². The third-order valence-corrected chi connectivity index (χ3v) is 5.27. The first kappa shape index (κ1) is 22.0. The lowest BCUT2D eigenvalue weighted by Crippen LogP contribution is -2.02. The number of ether oxygens (including phenoxy) is 5. The van der Waals surface area contributed by atoms with Gasteiger partial charge < -0.3 is 28.1 Å². The number of rotatable bonds is 7. The molecular weight excluding hydrogens is 426 g/mol. The second kappa shape index (κ2) is 9.12. The Morgan fingerprint density at radius 2 is 1.48 bits per heavy atom. The Labute approximate surface area is 190 Å². The van der Waals surface area contributed by atoms with Gasteiger partial charge in [-0.25, -0.2) is 4.79 Å². The summed E-state index contributed by atoms with van der Waals surface area (Å²) in [6.45, 7) is 0. The Balaban J connectivity index is 1.90. The first-order valence-electron chi connectivity index (χ1n) is 10.00. The topological polar surface area (TPSA) is 89.3 Å². The first-order chi connectivity index (χ1) is 16.0. The quantitative estimate of drug-likeness (QED) is 0.365. The van der Waals surface area contributed by atoms with Gasteiger partial charge in [-0.2, -0.15) is 0 Å². The van der Waals surface area contributed by atoms with E-state index in [4.69, 9.17) is 28.1 Å². The molecule has 0 bridgehead atoms. The Hall–Kier alpha value is -4.20. The number of esters is 1. The van der Waals surface area contributed by atoms with E-state index in [9.17, 15) is 4.79 Å². The van der Waals surface area contributed by atoms with Crippen molar-refractivity contribution in [2.75, 3.05) is 35.5 Å². The van der Waals surface area contributed by atoms with Gasteiger partial charge in [0.15, 0.2) is 17.1 Å². The molecule has 0 fully saturated rings. The molecule has 8 heteroatoms. The van der Waals surface area contributed by atoms with Gasteiger partial charge >= 0.3 is 5.97 Å². The van der Waals surface area contributed by atoms with E-state index in [2.05, 4.69) is 4.98 Å². The standard InChI is InChI=1S/C25H23NO7/c1-28-19-7-6-14(25(27)32-5)10-17(19)16-8-9-26-18-13-20(33-23(16)18)15-11-21(29-2)24(31-4)22(12-15)30-3/h6-13H,1-5H3. The third kappa shape index (κ3) is 3.91. The summed E-state index contributed by atoms with van der Waals surface area (Å²) in [5, 5.41) is 0. The van der Waals surface area contributed by atoms with Gasteiger partial charge in [-0.3, -0.25) is 4.98 Å². The fourth-order valence-corrected chi connectivity index (χ4v) is 3.68. The third-order valence-electron chi connectivity index (χ3n) is 5.27. The molecule has 0 atom stereocenters. The molecule has 0 saturated heterocycles. The van der Waals surface area contributed by atoms with Crippen LogP contribution in [0, 0.1) is 0 Å². The summed E-state index contributed by atoms with van der Waals surface area (Å²) in [5.74, 6) is 2.21. The number of methoxy groups -OCH3 is 5. The van der Waals surface area contributed by atoms with Crippen LogP contribution in [-0.4, -0.2) is 46.5 Å². The molecule has 4 aromatic rings. The maximum absolute atomic E-state index is 12.1. The van der Waals surface area contributed by atoms with Crippen LogP contribution in [0.3, 0.4) is 0 Å². The van der Waals surface area contributed by atoms with E-state index in [1.54, 1.807) is 65.0 Å². The molecule has 0 radical (unpaired) electrons. The van der Waals surface area contributed by atoms with E-state index in [0.29, 0.717) is 51.0 Å². The Morgan fingerprint density at radius 1 is 0.788 bits per heavy atom. The summed E-state index contributed by atoms with van der Waals surface area (Å²) in [6.07, 6.45) is 1.68. The number of hydrogen-bond donors (Lipinski definition) is 0. The average Bonchev–Trinajstić information content (AvgIpc) is 3.31. The summed E-state index contributed by atoms with van der Waals surface area (Å²) in [6, 6.07) is 12.3. The van der Waals surface area contributed by atoms with E-state index in [-0.39, 0.29) is 0 Å². The summed E-state index contributed by atoms with van der Waals surface area (Å²) in [7, 11) is 7.57. The molecule has 0 unspecified atom stereocenters. The predicted molar refractivity (Wildman–Crippen MR) is 122 cm³/mol. The minimum atomic E-state index is -0.443. The van der Waals surface area contributed by atoms with Crippen LogP contribution in [0.25, 0.3) is 33.6 Å². The van der Waals surface area contributed by atoms with Crippen molar-refractivity contribution in [3.05, 3.63) is 54.2 Å².